The van der Waals surface area contributed by atoms with Crippen molar-refractivity contribution in [1.29, 1.82) is 0 Å². The summed E-state index contributed by atoms with van der Waals surface area (Å²) in [5, 5.41) is 3.30. The van der Waals surface area contributed by atoms with E-state index in [2.05, 4.69) is 35.6 Å². The molecule has 1 N–H and O–H groups in total. The van der Waals surface area contributed by atoms with Crippen LogP contribution in [0, 0.1) is 5.92 Å². The van der Waals surface area contributed by atoms with Gasteiger partial charge in [-0.1, -0.05) is 30.3 Å². The van der Waals surface area contributed by atoms with Gasteiger partial charge in [-0.25, -0.2) is 0 Å². The van der Waals surface area contributed by atoms with E-state index in [0.717, 1.165) is 5.92 Å². The first-order valence-electron chi connectivity index (χ1n) is 4.70. The molecular formula is C11H15N. The van der Waals surface area contributed by atoms with Crippen LogP contribution in [0.5, 0.6) is 0 Å². The monoisotopic (exact) mass is 161 g/mol. The Hall–Kier alpha value is -0.820. The number of rotatable bonds is 3. The van der Waals surface area contributed by atoms with E-state index in [0.29, 0.717) is 0 Å². The van der Waals surface area contributed by atoms with Crippen LogP contribution in [0.4, 0.5) is 0 Å². The lowest BCUT2D eigenvalue weighted by molar-refractivity contribution is 0.328. The van der Waals surface area contributed by atoms with Gasteiger partial charge in [0.25, 0.3) is 0 Å². The Balaban J connectivity index is 1.79. The van der Waals surface area contributed by atoms with Crippen molar-refractivity contribution >= 4 is 0 Å². The number of hydrogen-bond acceptors (Lipinski definition) is 1. The molecule has 1 heterocycles. The Labute approximate surface area is 73.8 Å². The molecule has 2 rings (SSSR count). The van der Waals surface area contributed by atoms with Crippen LogP contribution in [0.2, 0.25) is 0 Å². The van der Waals surface area contributed by atoms with Crippen LogP contribution in [0.15, 0.2) is 30.3 Å². The number of hydrogen-bond donors (Lipinski definition) is 1. The van der Waals surface area contributed by atoms with Gasteiger partial charge in [0, 0.05) is 0 Å². The summed E-state index contributed by atoms with van der Waals surface area (Å²) in [4.78, 5) is 0. The fraction of sp³-hybridized carbons (Fsp3) is 0.455. The molecule has 1 aliphatic rings. The molecule has 0 saturated carbocycles. The van der Waals surface area contributed by atoms with Gasteiger partial charge in [-0.2, -0.15) is 0 Å². The minimum atomic E-state index is 0.935. The van der Waals surface area contributed by atoms with E-state index in [1.165, 1.54) is 31.5 Å². The summed E-state index contributed by atoms with van der Waals surface area (Å²) in [6.07, 6.45) is 2.59. The summed E-state index contributed by atoms with van der Waals surface area (Å²) in [7, 11) is 0. The average Bonchev–Trinajstić information content (AvgIpc) is 2.04. The molecule has 12 heavy (non-hydrogen) atoms. The van der Waals surface area contributed by atoms with Gasteiger partial charge in [-0.05, 0) is 37.4 Å². The SMILES string of the molecule is c1ccc(CCC2CNC2)cc1. The molecule has 0 radical (unpaired) electrons. The zero-order valence-electron chi connectivity index (χ0n) is 7.29. The first-order valence-corrected chi connectivity index (χ1v) is 4.70. The number of benzene rings is 1. The fourth-order valence-corrected chi connectivity index (χ4v) is 1.57. The maximum absolute atomic E-state index is 3.30. The molecule has 0 bridgehead atoms. The molecule has 1 aliphatic heterocycles. The van der Waals surface area contributed by atoms with Crippen molar-refractivity contribution in [3.05, 3.63) is 35.9 Å². The summed E-state index contributed by atoms with van der Waals surface area (Å²) in [5.41, 5.74) is 1.48. The predicted molar refractivity (Wildman–Crippen MR) is 51.1 cm³/mol. The molecule has 0 aliphatic carbocycles. The normalized spacial score (nSPS) is 17.3. The third-order valence-electron chi connectivity index (χ3n) is 2.55. The van der Waals surface area contributed by atoms with Gasteiger partial charge in [-0.15, -0.1) is 0 Å². The minimum absolute atomic E-state index is 0.935. The van der Waals surface area contributed by atoms with Crippen molar-refractivity contribution in [2.45, 2.75) is 12.8 Å². The van der Waals surface area contributed by atoms with E-state index in [-0.39, 0.29) is 0 Å². The van der Waals surface area contributed by atoms with Crippen LogP contribution >= 0.6 is 0 Å². The summed E-state index contributed by atoms with van der Waals surface area (Å²) in [6.45, 7) is 2.46. The minimum Gasteiger partial charge on any atom is -0.316 e. The molecule has 0 unspecified atom stereocenters. The van der Waals surface area contributed by atoms with Crippen molar-refractivity contribution in [3.8, 4) is 0 Å². The summed E-state index contributed by atoms with van der Waals surface area (Å²) >= 11 is 0. The molecule has 1 heteroatoms. The maximum Gasteiger partial charge on any atom is -0.000814 e. The molecule has 1 aromatic carbocycles. The van der Waals surface area contributed by atoms with Gasteiger partial charge in [0.15, 0.2) is 0 Å². The molecule has 1 saturated heterocycles. The lowest BCUT2D eigenvalue weighted by Gasteiger charge is -2.26. The molecule has 64 valence electrons. The van der Waals surface area contributed by atoms with Gasteiger partial charge < -0.3 is 5.32 Å². The van der Waals surface area contributed by atoms with Gasteiger partial charge >= 0.3 is 0 Å². The number of aryl methyl sites for hydroxylation is 1. The van der Waals surface area contributed by atoms with Crippen LogP contribution in [-0.4, -0.2) is 13.1 Å². The van der Waals surface area contributed by atoms with Gasteiger partial charge in [0.05, 0.1) is 0 Å². The standard InChI is InChI=1S/C11H15N/c1-2-4-10(5-3-1)6-7-11-8-12-9-11/h1-5,11-12H,6-9H2. The second kappa shape index (κ2) is 3.72. The third kappa shape index (κ3) is 1.86. The Kier molecular flexibility index (Phi) is 2.42. The van der Waals surface area contributed by atoms with E-state index in [9.17, 15) is 0 Å². The van der Waals surface area contributed by atoms with Crippen LogP contribution in [0.25, 0.3) is 0 Å². The predicted octanol–water partition coefficient (Wildman–Crippen LogP) is 1.84. The molecular weight excluding hydrogens is 146 g/mol. The second-order valence-corrected chi connectivity index (χ2v) is 3.55. The van der Waals surface area contributed by atoms with E-state index < -0.39 is 0 Å². The highest BCUT2D eigenvalue weighted by atomic mass is 14.9. The van der Waals surface area contributed by atoms with Crippen LogP contribution < -0.4 is 5.32 Å². The maximum atomic E-state index is 3.30. The van der Waals surface area contributed by atoms with Crippen LogP contribution in [0.3, 0.4) is 0 Å². The Morgan fingerprint density at radius 1 is 1.17 bits per heavy atom. The average molecular weight is 161 g/mol. The highest BCUT2D eigenvalue weighted by Crippen LogP contribution is 2.12. The molecule has 1 aromatic rings. The van der Waals surface area contributed by atoms with E-state index in [1.54, 1.807) is 0 Å². The van der Waals surface area contributed by atoms with Gasteiger partial charge in [0.1, 0.15) is 0 Å². The summed E-state index contributed by atoms with van der Waals surface area (Å²) in [6, 6.07) is 10.7. The first kappa shape index (κ1) is 7.81. The molecule has 1 fully saturated rings. The van der Waals surface area contributed by atoms with E-state index in [1.807, 2.05) is 0 Å². The van der Waals surface area contributed by atoms with Crippen LogP contribution in [-0.2, 0) is 6.42 Å². The third-order valence-corrected chi connectivity index (χ3v) is 2.55. The molecule has 0 atom stereocenters. The molecule has 0 amide bonds. The fourth-order valence-electron chi connectivity index (χ4n) is 1.57. The zero-order valence-corrected chi connectivity index (χ0v) is 7.29. The summed E-state index contributed by atoms with van der Waals surface area (Å²) in [5.74, 6) is 0.935. The Bertz CT molecular complexity index is 226. The Morgan fingerprint density at radius 2 is 1.92 bits per heavy atom. The largest absolute Gasteiger partial charge is 0.316 e. The van der Waals surface area contributed by atoms with Crippen molar-refractivity contribution in [2.75, 3.05) is 13.1 Å². The van der Waals surface area contributed by atoms with Crippen molar-refractivity contribution in [2.24, 2.45) is 5.92 Å². The zero-order chi connectivity index (χ0) is 8.23. The van der Waals surface area contributed by atoms with Crippen LogP contribution in [0.1, 0.15) is 12.0 Å². The summed E-state index contributed by atoms with van der Waals surface area (Å²) < 4.78 is 0. The molecule has 0 aromatic heterocycles. The molecule has 0 spiro atoms. The Morgan fingerprint density at radius 3 is 2.50 bits per heavy atom. The van der Waals surface area contributed by atoms with Gasteiger partial charge in [-0.3, -0.25) is 0 Å². The lowest BCUT2D eigenvalue weighted by atomic mass is 9.95. The smallest absolute Gasteiger partial charge is 0.000814 e. The second-order valence-electron chi connectivity index (χ2n) is 3.55. The topological polar surface area (TPSA) is 12.0 Å². The van der Waals surface area contributed by atoms with Crippen molar-refractivity contribution < 1.29 is 0 Å². The first-order chi connectivity index (χ1) is 5.95. The highest BCUT2D eigenvalue weighted by Gasteiger charge is 2.15. The highest BCUT2D eigenvalue weighted by molar-refractivity contribution is 5.14. The number of nitrogens with one attached hydrogen (secondary N) is 1. The van der Waals surface area contributed by atoms with Crippen molar-refractivity contribution in [3.63, 3.8) is 0 Å². The lowest BCUT2D eigenvalue weighted by Crippen LogP contribution is -2.42. The van der Waals surface area contributed by atoms with Gasteiger partial charge in [0.2, 0.25) is 0 Å². The molecule has 1 nitrogen and oxygen atoms in total. The quantitative estimate of drug-likeness (QED) is 0.713. The van der Waals surface area contributed by atoms with E-state index in [4.69, 9.17) is 0 Å². The van der Waals surface area contributed by atoms with Crippen molar-refractivity contribution in [1.82, 2.24) is 5.32 Å². The van der Waals surface area contributed by atoms with E-state index >= 15 is 0 Å².